The number of hydrogen-bond acceptors (Lipinski definition) is 5. The lowest BCUT2D eigenvalue weighted by Crippen LogP contribution is -2.31. The van der Waals surface area contributed by atoms with Gasteiger partial charge in [-0.1, -0.05) is 12.5 Å². The van der Waals surface area contributed by atoms with E-state index in [-0.39, 0.29) is 18.8 Å². The van der Waals surface area contributed by atoms with E-state index in [1.54, 1.807) is 12.5 Å². The lowest BCUT2D eigenvalue weighted by atomic mass is 10.0. The summed E-state index contributed by atoms with van der Waals surface area (Å²) in [4.78, 5) is 19.9. The Balaban J connectivity index is 1.82. The average Bonchev–Trinajstić information content (AvgIpc) is 3.26. The van der Waals surface area contributed by atoms with Crippen LogP contribution in [-0.2, 0) is 14.3 Å². The molecule has 0 radical (unpaired) electrons. The summed E-state index contributed by atoms with van der Waals surface area (Å²) < 4.78 is 13.4. The third-order valence-corrected chi connectivity index (χ3v) is 4.97. The SMILES string of the molecule is CC/C(C)=C/N=C(N)c1ncn(C2COC3C2OC[C@H]3C(=O)O)c1C. The van der Waals surface area contributed by atoms with Crippen LogP contribution in [0.1, 0.15) is 37.7 Å². The molecule has 4 atom stereocenters. The average molecular weight is 348 g/mol. The van der Waals surface area contributed by atoms with Crippen LogP contribution in [0.4, 0.5) is 0 Å². The summed E-state index contributed by atoms with van der Waals surface area (Å²) in [5.41, 5.74) is 8.68. The highest BCUT2D eigenvalue weighted by atomic mass is 16.6. The smallest absolute Gasteiger partial charge is 0.311 e. The Morgan fingerprint density at radius 2 is 2.20 bits per heavy atom. The van der Waals surface area contributed by atoms with E-state index < -0.39 is 18.0 Å². The standard InChI is InChI=1S/C17H24N4O4/c1-4-9(2)5-19-16(18)13-10(3)21(8-20-13)12-7-25-14-11(17(22)23)6-24-15(12)14/h5,8,11-12,14-15H,4,6-7H2,1-3H3,(H2,18,19)(H,22,23)/b9-5+/t11-,12?,14?,15?/m1/s1. The molecule has 3 heterocycles. The van der Waals surface area contributed by atoms with Gasteiger partial charge in [0.25, 0.3) is 0 Å². The third kappa shape index (κ3) is 3.19. The number of aliphatic imine (C=N–C) groups is 1. The lowest BCUT2D eigenvalue weighted by Gasteiger charge is -2.19. The number of nitrogens with zero attached hydrogens (tertiary/aromatic N) is 3. The van der Waals surface area contributed by atoms with Gasteiger partial charge in [-0.15, -0.1) is 0 Å². The number of allylic oxidation sites excluding steroid dienone is 1. The van der Waals surface area contributed by atoms with Crippen LogP contribution in [0.5, 0.6) is 0 Å². The molecule has 2 fully saturated rings. The van der Waals surface area contributed by atoms with Crippen LogP contribution in [0.3, 0.4) is 0 Å². The van der Waals surface area contributed by atoms with Crippen molar-refractivity contribution < 1.29 is 19.4 Å². The summed E-state index contributed by atoms with van der Waals surface area (Å²) in [6.07, 6.45) is 3.64. The molecule has 1 aromatic rings. The number of carbonyl (C=O) groups is 1. The van der Waals surface area contributed by atoms with Crippen LogP contribution >= 0.6 is 0 Å². The first kappa shape index (κ1) is 17.6. The normalized spacial score (nSPS) is 29.9. The number of rotatable bonds is 5. The van der Waals surface area contributed by atoms with Gasteiger partial charge in [-0.2, -0.15) is 0 Å². The Hall–Kier alpha value is -2.19. The third-order valence-electron chi connectivity index (χ3n) is 4.97. The second-order valence-electron chi connectivity index (χ2n) is 6.54. The highest BCUT2D eigenvalue weighted by molar-refractivity contribution is 5.97. The largest absolute Gasteiger partial charge is 0.481 e. The van der Waals surface area contributed by atoms with Gasteiger partial charge in [-0.25, -0.2) is 9.98 Å². The van der Waals surface area contributed by atoms with Crippen molar-refractivity contribution in [3.05, 3.63) is 29.5 Å². The Morgan fingerprint density at radius 1 is 1.48 bits per heavy atom. The van der Waals surface area contributed by atoms with Crippen LogP contribution in [0.2, 0.25) is 0 Å². The van der Waals surface area contributed by atoms with E-state index in [1.165, 1.54) is 0 Å². The van der Waals surface area contributed by atoms with Crippen LogP contribution in [0, 0.1) is 12.8 Å². The molecule has 0 aromatic carbocycles. The van der Waals surface area contributed by atoms with Gasteiger partial charge in [0.05, 0.1) is 25.6 Å². The number of nitrogens with two attached hydrogens (primary N) is 1. The van der Waals surface area contributed by atoms with Gasteiger partial charge in [0.2, 0.25) is 0 Å². The van der Waals surface area contributed by atoms with Crippen LogP contribution in [0.15, 0.2) is 23.1 Å². The zero-order valence-corrected chi connectivity index (χ0v) is 14.7. The number of amidine groups is 1. The minimum absolute atomic E-state index is 0.115. The summed E-state index contributed by atoms with van der Waals surface area (Å²) in [5.74, 6) is -1.15. The molecule has 136 valence electrons. The molecule has 1 aromatic heterocycles. The zero-order chi connectivity index (χ0) is 18.1. The van der Waals surface area contributed by atoms with Crippen molar-refractivity contribution in [3.63, 3.8) is 0 Å². The second kappa shape index (κ2) is 6.97. The molecule has 25 heavy (non-hydrogen) atoms. The summed E-state index contributed by atoms with van der Waals surface area (Å²) in [5, 5.41) is 9.26. The summed E-state index contributed by atoms with van der Waals surface area (Å²) >= 11 is 0. The van der Waals surface area contributed by atoms with Crippen molar-refractivity contribution in [2.75, 3.05) is 13.2 Å². The van der Waals surface area contributed by atoms with E-state index in [4.69, 9.17) is 15.2 Å². The number of aromatic nitrogens is 2. The molecule has 2 aliphatic heterocycles. The van der Waals surface area contributed by atoms with E-state index in [9.17, 15) is 9.90 Å². The van der Waals surface area contributed by atoms with Gasteiger partial charge in [0.1, 0.15) is 23.8 Å². The molecule has 3 rings (SSSR count). The lowest BCUT2D eigenvalue weighted by molar-refractivity contribution is -0.144. The predicted molar refractivity (Wildman–Crippen MR) is 91.4 cm³/mol. The molecule has 0 saturated carbocycles. The Bertz CT molecular complexity index is 724. The second-order valence-corrected chi connectivity index (χ2v) is 6.54. The highest BCUT2D eigenvalue weighted by Crippen LogP contribution is 2.38. The van der Waals surface area contributed by atoms with Crippen LogP contribution in [-0.4, -0.2) is 51.9 Å². The minimum atomic E-state index is -0.884. The number of imidazole rings is 1. The number of fused-ring (bicyclic) bond motifs is 1. The number of hydrogen-bond donors (Lipinski definition) is 2. The number of aliphatic carboxylic acids is 1. The maximum atomic E-state index is 11.3. The topological polar surface area (TPSA) is 112 Å². The molecule has 2 saturated heterocycles. The summed E-state index contributed by atoms with van der Waals surface area (Å²) in [7, 11) is 0. The first-order valence-electron chi connectivity index (χ1n) is 8.42. The fraction of sp³-hybridized carbons (Fsp3) is 0.588. The predicted octanol–water partition coefficient (Wildman–Crippen LogP) is 1.25. The van der Waals surface area contributed by atoms with E-state index in [2.05, 4.69) is 16.9 Å². The van der Waals surface area contributed by atoms with Gasteiger partial charge in [-0.05, 0) is 20.3 Å². The molecule has 8 heteroatoms. The summed E-state index contributed by atoms with van der Waals surface area (Å²) in [6, 6.07) is -0.115. The van der Waals surface area contributed by atoms with Gasteiger partial charge in [-0.3, -0.25) is 4.79 Å². The van der Waals surface area contributed by atoms with Crippen molar-refractivity contribution in [1.82, 2.24) is 9.55 Å². The van der Waals surface area contributed by atoms with Gasteiger partial charge >= 0.3 is 5.97 Å². The van der Waals surface area contributed by atoms with E-state index >= 15 is 0 Å². The zero-order valence-electron chi connectivity index (χ0n) is 14.7. The van der Waals surface area contributed by atoms with E-state index in [1.807, 2.05) is 18.4 Å². The Morgan fingerprint density at radius 3 is 2.88 bits per heavy atom. The molecule has 0 spiro atoms. The number of carboxylic acid groups (broad SMARTS) is 1. The van der Waals surface area contributed by atoms with Gasteiger partial charge in [0.15, 0.2) is 5.84 Å². The summed E-state index contributed by atoms with van der Waals surface area (Å²) in [6.45, 7) is 6.53. The van der Waals surface area contributed by atoms with Crippen molar-refractivity contribution in [2.45, 2.75) is 45.4 Å². The fourth-order valence-corrected chi connectivity index (χ4v) is 3.27. The Labute approximate surface area is 146 Å². The maximum Gasteiger partial charge on any atom is 0.311 e. The molecule has 0 amide bonds. The monoisotopic (exact) mass is 348 g/mol. The maximum absolute atomic E-state index is 11.3. The van der Waals surface area contributed by atoms with Gasteiger partial charge in [0, 0.05) is 11.9 Å². The fourth-order valence-electron chi connectivity index (χ4n) is 3.27. The molecular weight excluding hydrogens is 324 g/mol. The molecule has 8 nitrogen and oxygen atoms in total. The molecule has 2 aliphatic rings. The molecule has 3 unspecified atom stereocenters. The quantitative estimate of drug-likeness (QED) is 0.612. The van der Waals surface area contributed by atoms with Crippen molar-refractivity contribution in [3.8, 4) is 0 Å². The molecule has 0 aliphatic carbocycles. The molecular formula is C17H24N4O4. The first-order chi connectivity index (χ1) is 11.9. The van der Waals surface area contributed by atoms with E-state index in [0.29, 0.717) is 18.1 Å². The van der Waals surface area contributed by atoms with Gasteiger partial charge < -0.3 is 24.9 Å². The highest BCUT2D eigenvalue weighted by Gasteiger charge is 2.51. The van der Waals surface area contributed by atoms with E-state index in [0.717, 1.165) is 17.7 Å². The van der Waals surface area contributed by atoms with Crippen molar-refractivity contribution >= 4 is 11.8 Å². The van der Waals surface area contributed by atoms with Crippen molar-refractivity contribution in [1.29, 1.82) is 0 Å². The molecule has 3 N–H and O–H groups in total. The van der Waals surface area contributed by atoms with Crippen LogP contribution in [0.25, 0.3) is 0 Å². The Kier molecular flexibility index (Phi) is 4.91. The van der Waals surface area contributed by atoms with Crippen molar-refractivity contribution in [2.24, 2.45) is 16.6 Å². The number of carboxylic acids is 1. The molecule has 0 bridgehead atoms. The van der Waals surface area contributed by atoms with Crippen LogP contribution < -0.4 is 5.73 Å². The minimum Gasteiger partial charge on any atom is -0.481 e. The number of ether oxygens (including phenoxy) is 2. The first-order valence-corrected chi connectivity index (χ1v) is 8.42.